The van der Waals surface area contributed by atoms with Crippen molar-refractivity contribution in [3.8, 4) is 5.75 Å². The van der Waals surface area contributed by atoms with E-state index in [-0.39, 0.29) is 19.0 Å². The minimum Gasteiger partial charge on any atom is -0.492 e. The summed E-state index contributed by atoms with van der Waals surface area (Å²) in [5.41, 5.74) is 1.12. The Labute approximate surface area is 131 Å². The lowest BCUT2D eigenvalue weighted by atomic mass is 10.2. The number of nitrogens with one attached hydrogen (secondary N) is 1. The van der Waals surface area contributed by atoms with Crippen molar-refractivity contribution in [2.45, 2.75) is 20.3 Å². The number of carbonyl (C=O) groups is 2. The van der Waals surface area contributed by atoms with Crippen molar-refractivity contribution >= 4 is 11.9 Å². The number of aliphatic carboxylic acids is 1. The Kier molecular flexibility index (Phi) is 7.99. The van der Waals surface area contributed by atoms with Gasteiger partial charge < -0.3 is 15.2 Å². The molecule has 0 aliphatic rings. The van der Waals surface area contributed by atoms with Gasteiger partial charge in [0.15, 0.2) is 0 Å². The van der Waals surface area contributed by atoms with Crippen LogP contribution in [-0.4, -0.2) is 54.7 Å². The summed E-state index contributed by atoms with van der Waals surface area (Å²) in [7, 11) is 0. The lowest BCUT2D eigenvalue weighted by Gasteiger charge is -2.18. The zero-order chi connectivity index (χ0) is 16.4. The molecule has 0 heterocycles. The molecule has 0 atom stereocenters. The summed E-state index contributed by atoms with van der Waals surface area (Å²) >= 11 is 0. The van der Waals surface area contributed by atoms with Gasteiger partial charge in [-0.2, -0.15) is 0 Å². The zero-order valence-electron chi connectivity index (χ0n) is 13.2. The second-order valence-corrected chi connectivity index (χ2v) is 5.12. The molecule has 22 heavy (non-hydrogen) atoms. The lowest BCUT2D eigenvalue weighted by Crippen LogP contribution is -2.41. The Hall–Kier alpha value is -2.08. The minimum atomic E-state index is -0.927. The second kappa shape index (κ2) is 9.78. The first-order chi connectivity index (χ1) is 10.5. The van der Waals surface area contributed by atoms with Gasteiger partial charge in [0.25, 0.3) is 0 Å². The topological polar surface area (TPSA) is 78.9 Å². The monoisotopic (exact) mass is 308 g/mol. The van der Waals surface area contributed by atoms with Crippen molar-refractivity contribution < 1.29 is 19.4 Å². The van der Waals surface area contributed by atoms with Gasteiger partial charge in [-0.1, -0.05) is 19.1 Å². The largest absolute Gasteiger partial charge is 0.492 e. The number of aryl methyl sites for hydroxylation is 1. The van der Waals surface area contributed by atoms with Crippen molar-refractivity contribution in [3.05, 3.63) is 29.8 Å². The van der Waals surface area contributed by atoms with E-state index in [1.54, 1.807) is 4.90 Å². The fourth-order valence-electron chi connectivity index (χ4n) is 2.04. The molecule has 1 aromatic rings. The van der Waals surface area contributed by atoms with Crippen LogP contribution in [0.2, 0.25) is 0 Å². The number of carboxylic acid groups (broad SMARTS) is 1. The van der Waals surface area contributed by atoms with Gasteiger partial charge in [-0.3, -0.25) is 14.5 Å². The molecule has 0 saturated heterocycles. The van der Waals surface area contributed by atoms with Crippen LogP contribution < -0.4 is 10.1 Å². The van der Waals surface area contributed by atoms with Crippen molar-refractivity contribution in [2.24, 2.45) is 0 Å². The Morgan fingerprint density at radius 1 is 1.32 bits per heavy atom. The van der Waals surface area contributed by atoms with Crippen LogP contribution in [-0.2, 0) is 9.59 Å². The summed E-state index contributed by atoms with van der Waals surface area (Å²) in [6.07, 6.45) is 0.803. The SMILES string of the molecule is CCCN(CC(=O)O)CC(=O)NCCOc1cccc(C)c1. The smallest absolute Gasteiger partial charge is 0.317 e. The molecule has 6 heteroatoms. The van der Waals surface area contributed by atoms with E-state index in [9.17, 15) is 9.59 Å². The van der Waals surface area contributed by atoms with E-state index >= 15 is 0 Å². The maximum atomic E-state index is 11.8. The quantitative estimate of drug-likeness (QED) is 0.637. The molecule has 0 aliphatic carbocycles. The fourth-order valence-corrected chi connectivity index (χ4v) is 2.04. The molecule has 0 bridgehead atoms. The van der Waals surface area contributed by atoms with Crippen LogP contribution in [0.5, 0.6) is 5.75 Å². The summed E-state index contributed by atoms with van der Waals surface area (Å²) < 4.78 is 5.53. The van der Waals surface area contributed by atoms with E-state index < -0.39 is 5.97 Å². The van der Waals surface area contributed by atoms with Gasteiger partial charge in [0.05, 0.1) is 19.6 Å². The average Bonchev–Trinajstić information content (AvgIpc) is 2.43. The summed E-state index contributed by atoms with van der Waals surface area (Å²) in [5.74, 6) is -0.348. The molecule has 0 radical (unpaired) electrons. The molecule has 1 rings (SSSR count). The standard InChI is InChI=1S/C16H24N2O4/c1-3-8-18(12-16(20)21)11-15(19)17-7-9-22-14-6-4-5-13(2)10-14/h4-6,10H,3,7-9,11-12H2,1-2H3,(H,17,19)(H,20,21). The van der Waals surface area contributed by atoms with E-state index in [1.165, 1.54) is 0 Å². The maximum absolute atomic E-state index is 11.8. The number of nitrogens with zero attached hydrogens (tertiary/aromatic N) is 1. The fraction of sp³-hybridized carbons (Fsp3) is 0.500. The number of ether oxygens (including phenoxy) is 1. The maximum Gasteiger partial charge on any atom is 0.317 e. The van der Waals surface area contributed by atoms with Crippen LogP contribution in [0.25, 0.3) is 0 Å². The molecule has 0 aromatic heterocycles. The van der Waals surface area contributed by atoms with Gasteiger partial charge in [-0.15, -0.1) is 0 Å². The molecule has 1 aromatic carbocycles. The highest BCUT2D eigenvalue weighted by molar-refractivity contribution is 5.79. The Balaban J connectivity index is 2.25. The third-order valence-corrected chi connectivity index (χ3v) is 2.95. The molecular weight excluding hydrogens is 284 g/mol. The van der Waals surface area contributed by atoms with E-state index in [4.69, 9.17) is 9.84 Å². The Bertz CT molecular complexity index is 491. The van der Waals surface area contributed by atoms with Crippen molar-refractivity contribution in [1.29, 1.82) is 0 Å². The molecule has 122 valence electrons. The number of carboxylic acids is 1. The first-order valence-corrected chi connectivity index (χ1v) is 7.41. The van der Waals surface area contributed by atoms with Gasteiger partial charge in [0.1, 0.15) is 12.4 Å². The van der Waals surface area contributed by atoms with Crippen LogP contribution in [0.3, 0.4) is 0 Å². The highest BCUT2D eigenvalue weighted by atomic mass is 16.5. The zero-order valence-corrected chi connectivity index (χ0v) is 13.2. The molecule has 0 fully saturated rings. The summed E-state index contributed by atoms with van der Waals surface area (Å²) in [6.45, 7) is 5.24. The molecule has 2 N–H and O–H groups in total. The molecule has 0 saturated carbocycles. The van der Waals surface area contributed by atoms with Crippen molar-refractivity contribution in [3.63, 3.8) is 0 Å². The molecule has 6 nitrogen and oxygen atoms in total. The van der Waals surface area contributed by atoms with Crippen LogP contribution >= 0.6 is 0 Å². The number of rotatable bonds is 10. The van der Waals surface area contributed by atoms with E-state index in [0.29, 0.717) is 19.7 Å². The molecule has 0 spiro atoms. The minimum absolute atomic E-state index is 0.0879. The predicted molar refractivity (Wildman–Crippen MR) is 84.1 cm³/mol. The van der Waals surface area contributed by atoms with E-state index in [0.717, 1.165) is 17.7 Å². The van der Waals surface area contributed by atoms with Crippen LogP contribution in [0.4, 0.5) is 0 Å². The normalized spacial score (nSPS) is 10.5. The summed E-state index contributed by atoms with van der Waals surface area (Å²) in [5, 5.41) is 11.5. The Morgan fingerprint density at radius 3 is 2.73 bits per heavy atom. The lowest BCUT2D eigenvalue weighted by molar-refractivity contribution is -0.138. The number of hydrogen-bond acceptors (Lipinski definition) is 4. The molecule has 0 unspecified atom stereocenters. The van der Waals surface area contributed by atoms with E-state index in [2.05, 4.69) is 5.32 Å². The Morgan fingerprint density at radius 2 is 2.09 bits per heavy atom. The number of amides is 1. The summed E-state index contributed by atoms with van der Waals surface area (Å²) in [4.78, 5) is 24.1. The predicted octanol–water partition coefficient (Wildman–Crippen LogP) is 1.29. The van der Waals surface area contributed by atoms with Crippen LogP contribution in [0.15, 0.2) is 24.3 Å². The highest BCUT2D eigenvalue weighted by Crippen LogP contribution is 2.11. The first kappa shape index (κ1) is 18.0. The number of benzene rings is 1. The van der Waals surface area contributed by atoms with Gasteiger partial charge in [-0.05, 0) is 37.6 Å². The number of carbonyl (C=O) groups excluding carboxylic acids is 1. The number of hydrogen-bond donors (Lipinski definition) is 2. The van der Waals surface area contributed by atoms with Gasteiger partial charge in [0, 0.05) is 0 Å². The third-order valence-electron chi connectivity index (χ3n) is 2.95. The van der Waals surface area contributed by atoms with Crippen molar-refractivity contribution in [2.75, 3.05) is 32.8 Å². The van der Waals surface area contributed by atoms with Gasteiger partial charge in [0.2, 0.25) is 5.91 Å². The van der Waals surface area contributed by atoms with Gasteiger partial charge >= 0.3 is 5.97 Å². The van der Waals surface area contributed by atoms with Gasteiger partial charge in [-0.25, -0.2) is 0 Å². The molecule has 1 amide bonds. The summed E-state index contributed by atoms with van der Waals surface area (Å²) in [6, 6.07) is 7.69. The molecular formula is C16H24N2O4. The van der Waals surface area contributed by atoms with E-state index in [1.807, 2.05) is 38.1 Å². The second-order valence-electron chi connectivity index (χ2n) is 5.12. The molecule has 0 aliphatic heterocycles. The van der Waals surface area contributed by atoms with Crippen LogP contribution in [0, 0.1) is 6.92 Å². The highest BCUT2D eigenvalue weighted by Gasteiger charge is 2.12. The van der Waals surface area contributed by atoms with Crippen LogP contribution in [0.1, 0.15) is 18.9 Å². The third kappa shape index (κ3) is 7.64. The first-order valence-electron chi connectivity index (χ1n) is 7.41. The van der Waals surface area contributed by atoms with Crippen molar-refractivity contribution in [1.82, 2.24) is 10.2 Å². The average molecular weight is 308 g/mol.